The van der Waals surface area contributed by atoms with E-state index >= 15 is 0 Å². The molecule has 3 aromatic rings. The molecule has 1 saturated carbocycles. The van der Waals surface area contributed by atoms with E-state index in [-0.39, 0.29) is 23.8 Å². The average Bonchev–Trinajstić information content (AvgIpc) is 3.54. The summed E-state index contributed by atoms with van der Waals surface area (Å²) in [6, 6.07) is 6.68. The summed E-state index contributed by atoms with van der Waals surface area (Å²) in [5.74, 6) is 0.929. The number of carboxylic acid groups (broad SMARTS) is 1. The zero-order valence-corrected chi connectivity index (χ0v) is 26.6. The molecule has 2 N–H and O–H groups in total. The SMILES string of the molecule is CC([C@H]1CC[C@H](C(=O)Nc2ccnc3c2cc(-n2cccn2)n3COCC[Si](C)(C)C)CC1)N(C(=O)O)C(C)(C)C. The van der Waals surface area contributed by atoms with E-state index in [0.717, 1.165) is 54.3 Å². The van der Waals surface area contributed by atoms with Gasteiger partial charge in [0.15, 0.2) is 0 Å². The van der Waals surface area contributed by atoms with E-state index < -0.39 is 19.7 Å². The molecule has 0 aliphatic heterocycles. The van der Waals surface area contributed by atoms with Gasteiger partial charge in [-0.15, -0.1) is 0 Å². The van der Waals surface area contributed by atoms with E-state index in [4.69, 9.17) is 4.74 Å². The van der Waals surface area contributed by atoms with Crippen LogP contribution in [0, 0.1) is 11.8 Å². The van der Waals surface area contributed by atoms with Crippen LogP contribution >= 0.6 is 0 Å². The Morgan fingerprint density at radius 3 is 2.49 bits per heavy atom. The maximum Gasteiger partial charge on any atom is 0.407 e. The number of fused-ring (bicyclic) bond motifs is 1. The first-order chi connectivity index (χ1) is 19.3. The highest BCUT2D eigenvalue weighted by Gasteiger charge is 2.37. The van der Waals surface area contributed by atoms with Crippen LogP contribution in [0.4, 0.5) is 10.5 Å². The lowest BCUT2D eigenvalue weighted by Crippen LogP contribution is -2.53. The number of aromatic nitrogens is 4. The molecule has 1 atom stereocenters. The topological polar surface area (TPSA) is 115 Å². The molecule has 224 valence electrons. The average molecular weight is 583 g/mol. The van der Waals surface area contributed by atoms with Crippen molar-refractivity contribution in [2.45, 2.75) is 97.4 Å². The molecule has 1 unspecified atom stereocenters. The number of pyridine rings is 1. The van der Waals surface area contributed by atoms with Gasteiger partial charge in [0, 0.05) is 56.2 Å². The van der Waals surface area contributed by atoms with E-state index in [1.807, 2.05) is 56.7 Å². The van der Waals surface area contributed by atoms with Crippen molar-refractivity contribution in [2.75, 3.05) is 11.9 Å². The number of carbonyl (C=O) groups is 2. The summed E-state index contributed by atoms with van der Waals surface area (Å²) in [6.07, 6.45) is 7.55. The first kappa shape index (κ1) is 30.8. The second kappa shape index (κ2) is 12.4. The minimum atomic E-state index is -1.22. The summed E-state index contributed by atoms with van der Waals surface area (Å²) in [5.41, 5.74) is 0.973. The molecule has 0 bridgehead atoms. The minimum absolute atomic E-state index is 0.00529. The van der Waals surface area contributed by atoms with Gasteiger partial charge in [-0.25, -0.2) is 14.5 Å². The number of nitrogens with zero attached hydrogens (tertiary/aromatic N) is 5. The molecule has 1 fully saturated rings. The second-order valence-corrected chi connectivity index (χ2v) is 19.1. The van der Waals surface area contributed by atoms with Crippen molar-refractivity contribution < 1.29 is 19.4 Å². The molecule has 1 aliphatic carbocycles. The molecule has 3 aromatic heterocycles. The zero-order valence-electron chi connectivity index (χ0n) is 25.6. The van der Waals surface area contributed by atoms with Crippen molar-refractivity contribution in [1.82, 2.24) is 24.2 Å². The largest absolute Gasteiger partial charge is 0.465 e. The summed E-state index contributed by atoms with van der Waals surface area (Å²) in [6.45, 7) is 15.8. The van der Waals surface area contributed by atoms with Gasteiger partial charge in [0.25, 0.3) is 0 Å². The first-order valence-electron chi connectivity index (χ1n) is 14.7. The maximum absolute atomic E-state index is 13.4. The van der Waals surface area contributed by atoms with E-state index in [9.17, 15) is 14.7 Å². The lowest BCUT2D eigenvalue weighted by molar-refractivity contribution is -0.121. The Morgan fingerprint density at radius 2 is 1.90 bits per heavy atom. The van der Waals surface area contributed by atoms with E-state index in [0.29, 0.717) is 13.3 Å². The molecule has 0 radical (unpaired) electrons. The van der Waals surface area contributed by atoms with E-state index in [2.05, 4.69) is 35.0 Å². The molecule has 3 heterocycles. The Kier molecular flexibility index (Phi) is 9.28. The third kappa shape index (κ3) is 7.37. The fourth-order valence-corrected chi connectivity index (χ4v) is 6.64. The van der Waals surface area contributed by atoms with Gasteiger partial charge in [-0.05, 0) is 83.5 Å². The Bertz CT molecular complexity index is 1330. The lowest BCUT2D eigenvalue weighted by atomic mass is 9.77. The number of anilines is 1. The Hall–Kier alpha value is -3.18. The van der Waals surface area contributed by atoms with Crippen LogP contribution in [0.2, 0.25) is 25.7 Å². The van der Waals surface area contributed by atoms with Gasteiger partial charge in [0.05, 0.1) is 5.69 Å². The Balaban J connectivity index is 1.48. The molecule has 1 aliphatic rings. The van der Waals surface area contributed by atoms with Gasteiger partial charge < -0.3 is 20.1 Å². The van der Waals surface area contributed by atoms with Crippen molar-refractivity contribution in [2.24, 2.45) is 11.8 Å². The molecule has 0 aromatic carbocycles. The van der Waals surface area contributed by atoms with Gasteiger partial charge in [0.1, 0.15) is 18.2 Å². The molecule has 0 saturated heterocycles. The number of amides is 2. The van der Waals surface area contributed by atoms with Gasteiger partial charge in [-0.3, -0.25) is 9.36 Å². The highest BCUT2D eigenvalue weighted by molar-refractivity contribution is 6.76. The van der Waals surface area contributed by atoms with Gasteiger partial charge in [-0.1, -0.05) is 19.6 Å². The van der Waals surface area contributed by atoms with E-state index in [1.165, 1.54) is 0 Å². The van der Waals surface area contributed by atoms with Crippen molar-refractivity contribution in [1.29, 1.82) is 0 Å². The molecule has 10 nitrogen and oxygen atoms in total. The Morgan fingerprint density at radius 1 is 1.20 bits per heavy atom. The number of carbonyl (C=O) groups excluding carboxylic acids is 1. The van der Waals surface area contributed by atoms with Gasteiger partial charge >= 0.3 is 6.09 Å². The van der Waals surface area contributed by atoms with Crippen LogP contribution in [0.3, 0.4) is 0 Å². The van der Waals surface area contributed by atoms with Crippen LogP contribution in [0.1, 0.15) is 53.4 Å². The van der Waals surface area contributed by atoms with Crippen molar-refractivity contribution in [3.05, 3.63) is 36.8 Å². The first-order valence-corrected chi connectivity index (χ1v) is 18.4. The molecule has 0 spiro atoms. The third-order valence-corrected chi connectivity index (χ3v) is 9.85. The van der Waals surface area contributed by atoms with Crippen LogP contribution in [0.5, 0.6) is 0 Å². The summed E-state index contributed by atoms with van der Waals surface area (Å²) in [7, 11) is -1.22. The highest BCUT2D eigenvalue weighted by atomic mass is 28.3. The normalized spacial score (nSPS) is 18.8. The molecule has 11 heteroatoms. The van der Waals surface area contributed by atoms with Crippen molar-refractivity contribution >= 4 is 36.8 Å². The molecule has 2 amide bonds. The highest BCUT2D eigenvalue weighted by Crippen LogP contribution is 2.36. The van der Waals surface area contributed by atoms with Crippen molar-refractivity contribution in [3.63, 3.8) is 0 Å². The van der Waals surface area contributed by atoms with Crippen LogP contribution in [0.25, 0.3) is 16.9 Å². The fourth-order valence-electron chi connectivity index (χ4n) is 5.88. The van der Waals surface area contributed by atoms with Gasteiger partial charge in [-0.2, -0.15) is 5.10 Å². The lowest BCUT2D eigenvalue weighted by Gasteiger charge is -2.43. The predicted molar refractivity (Wildman–Crippen MR) is 164 cm³/mol. The molecule has 41 heavy (non-hydrogen) atoms. The summed E-state index contributed by atoms with van der Waals surface area (Å²) in [4.78, 5) is 31.6. The standard InChI is InChI=1S/C30H46N6O4Si/c1-21(36(29(38)39)30(2,3)4)22-9-11-23(12-10-22)28(37)33-25-13-15-31-27-24(25)19-26(35-16-8-14-32-35)34(27)20-40-17-18-41(5,6)7/h8,13-16,19,21-23H,9-12,17-18,20H2,1-7H3,(H,38,39)(H,31,33,37)/t21?,22-,23-. The molecule has 4 rings (SSSR count). The zero-order chi connectivity index (χ0) is 29.9. The third-order valence-electron chi connectivity index (χ3n) is 8.15. The number of nitrogens with one attached hydrogen (secondary N) is 1. The van der Waals surface area contributed by atoms with Crippen LogP contribution in [-0.2, 0) is 16.3 Å². The monoisotopic (exact) mass is 582 g/mol. The van der Waals surface area contributed by atoms with Crippen LogP contribution < -0.4 is 5.32 Å². The minimum Gasteiger partial charge on any atom is -0.465 e. The summed E-state index contributed by atoms with van der Waals surface area (Å²) >= 11 is 0. The van der Waals surface area contributed by atoms with Gasteiger partial charge in [0.2, 0.25) is 5.91 Å². The number of rotatable bonds is 10. The van der Waals surface area contributed by atoms with E-state index in [1.54, 1.807) is 22.0 Å². The summed E-state index contributed by atoms with van der Waals surface area (Å²) < 4.78 is 9.87. The molecular formula is C30H46N6O4Si. The second-order valence-electron chi connectivity index (χ2n) is 13.5. The van der Waals surface area contributed by atoms with Crippen LogP contribution in [0.15, 0.2) is 36.8 Å². The number of ether oxygens (including phenoxy) is 1. The Labute approximate surface area is 244 Å². The van der Waals surface area contributed by atoms with Crippen LogP contribution in [-0.4, -0.2) is 67.6 Å². The summed E-state index contributed by atoms with van der Waals surface area (Å²) in [5, 5.41) is 18.3. The smallest absolute Gasteiger partial charge is 0.407 e. The number of hydrogen-bond donors (Lipinski definition) is 2. The fraction of sp³-hybridized carbons (Fsp3) is 0.600. The van der Waals surface area contributed by atoms with Crippen molar-refractivity contribution in [3.8, 4) is 5.82 Å². The quantitative estimate of drug-likeness (QED) is 0.210. The number of hydrogen-bond acceptors (Lipinski definition) is 5. The molecular weight excluding hydrogens is 536 g/mol. The predicted octanol–water partition coefficient (Wildman–Crippen LogP) is 6.45. The maximum atomic E-state index is 13.4.